The van der Waals surface area contributed by atoms with Crippen LogP contribution in [0.4, 0.5) is 0 Å². The molecule has 0 amide bonds. The molecule has 5 nitrogen and oxygen atoms in total. The van der Waals surface area contributed by atoms with E-state index >= 15 is 0 Å². The van der Waals surface area contributed by atoms with Gasteiger partial charge in [0.25, 0.3) is 0 Å². The van der Waals surface area contributed by atoms with Gasteiger partial charge >= 0.3 is 0 Å². The van der Waals surface area contributed by atoms with Gasteiger partial charge in [-0.2, -0.15) is 0 Å². The molecule has 0 saturated carbocycles. The highest BCUT2D eigenvalue weighted by Crippen LogP contribution is 2.12. The zero-order valence-corrected chi connectivity index (χ0v) is 13.5. The van der Waals surface area contributed by atoms with Crippen LogP contribution in [-0.4, -0.2) is 23.0 Å². The van der Waals surface area contributed by atoms with E-state index in [1.165, 1.54) is 4.88 Å². The number of nitrogens with one attached hydrogen (secondary N) is 2. The lowest BCUT2D eigenvalue weighted by atomic mass is 10.3. The van der Waals surface area contributed by atoms with Gasteiger partial charge in [0.15, 0.2) is 5.96 Å². The molecule has 21 heavy (non-hydrogen) atoms. The van der Waals surface area contributed by atoms with E-state index in [1.54, 1.807) is 18.4 Å². The van der Waals surface area contributed by atoms with Crippen molar-refractivity contribution in [1.82, 2.24) is 20.6 Å². The summed E-state index contributed by atoms with van der Waals surface area (Å²) in [6.07, 6.45) is 2.97. The minimum atomic E-state index is 0.652. The molecule has 0 bridgehead atoms. The number of pyridine rings is 1. The first-order valence-corrected chi connectivity index (χ1v) is 7.83. The second-order valence-electron chi connectivity index (χ2n) is 4.62. The van der Waals surface area contributed by atoms with Crippen LogP contribution in [0.1, 0.15) is 28.2 Å². The van der Waals surface area contributed by atoms with Crippen LogP contribution in [0, 0.1) is 6.92 Å². The molecule has 2 heterocycles. The maximum absolute atomic E-state index is 4.46. The third-order valence-corrected chi connectivity index (χ3v) is 4.11. The number of rotatable bonds is 5. The van der Waals surface area contributed by atoms with Crippen molar-refractivity contribution in [1.29, 1.82) is 0 Å². The number of guanidine groups is 1. The van der Waals surface area contributed by atoms with E-state index in [4.69, 9.17) is 0 Å². The molecule has 0 unspecified atom stereocenters. The molecule has 0 saturated heterocycles. The number of aryl methyl sites for hydroxylation is 2. The van der Waals surface area contributed by atoms with Crippen molar-refractivity contribution in [2.75, 3.05) is 7.05 Å². The van der Waals surface area contributed by atoms with Crippen molar-refractivity contribution in [2.45, 2.75) is 33.4 Å². The van der Waals surface area contributed by atoms with E-state index in [0.29, 0.717) is 13.1 Å². The Labute approximate surface area is 129 Å². The number of hydrogen-bond acceptors (Lipinski definition) is 4. The second kappa shape index (κ2) is 7.73. The van der Waals surface area contributed by atoms with E-state index in [9.17, 15) is 0 Å². The highest BCUT2D eigenvalue weighted by atomic mass is 32.1. The molecule has 0 aliphatic heterocycles. The summed E-state index contributed by atoms with van der Waals surface area (Å²) in [6, 6.07) is 6.00. The zero-order chi connectivity index (χ0) is 15.1. The maximum Gasteiger partial charge on any atom is 0.191 e. The Hall–Kier alpha value is -1.95. The van der Waals surface area contributed by atoms with Crippen molar-refractivity contribution >= 4 is 17.3 Å². The van der Waals surface area contributed by atoms with Crippen molar-refractivity contribution in [3.05, 3.63) is 45.7 Å². The Kier molecular flexibility index (Phi) is 5.68. The maximum atomic E-state index is 4.46. The smallest absolute Gasteiger partial charge is 0.191 e. The summed E-state index contributed by atoms with van der Waals surface area (Å²) >= 11 is 1.73. The number of hydrogen-bond donors (Lipinski definition) is 2. The van der Waals surface area contributed by atoms with Gasteiger partial charge in [-0.05, 0) is 25.5 Å². The lowest BCUT2D eigenvalue weighted by Crippen LogP contribution is -2.36. The summed E-state index contributed by atoms with van der Waals surface area (Å²) in [5.74, 6) is 0.756. The monoisotopic (exact) mass is 303 g/mol. The number of nitrogens with zero attached hydrogens (tertiary/aromatic N) is 3. The standard InChI is InChI=1S/C15H21N5S/c1-4-13-9-17-14(21-13)10-19-15(16-3)18-8-12-7-5-6-11(2)20-12/h5-7,9H,4,8,10H2,1-3H3,(H2,16,18,19). The van der Waals surface area contributed by atoms with Gasteiger partial charge in [-0.1, -0.05) is 13.0 Å². The number of thiazole rings is 1. The average molecular weight is 303 g/mol. The van der Waals surface area contributed by atoms with Crippen LogP contribution in [0.25, 0.3) is 0 Å². The second-order valence-corrected chi connectivity index (χ2v) is 5.82. The van der Waals surface area contributed by atoms with E-state index in [1.807, 2.05) is 31.3 Å². The third kappa shape index (κ3) is 4.82. The molecule has 0 aliphatic carbocycles. The molecule has 0 aliphatic rings. The summed E-state index contributed by atoms with van der Waals surface area (Å²) in [7, 11) is 1.76. The quantitative estimate of drug-likeness (QED) is 0.657. The average Bonchev–Trinajstić information content (AvgIpc) is 2.95. The zero-order valence-electron chi connectivity index (χ0n) is 12.7. The van der Waals surface area contributed by atoms with E-state index in [0.717, 1.165) is 28.8 Å². The van der Waals surface area contributed by atoms with Crippen LogP contribution in [0.15, 0.2) is 29.4 Å². The molecule has 2 rings (SSSR count). The molecule has 0 aromatic carbocycles. The van der Waals surface area contributed by atoms with Crippen molar-refractivity contribution in [3.63, 3.8) is 0 Å². The molecule has 6 heteroatoms. The lowest BCUT2D eigenvalue weighted by molar-refractivity contribution is 0.789. The Morgan fingerprint density at radius 2 is 2.10 bits per heavy atom. The van der Waals surface area contributed by atoms with Gasteiger partial charge in [0, 0.05) is 23.8 Å². The molecule has 0 spiro atoms. The highest BCUT2D eigenvalue weighted by molar-refractivity contribution is 7.11. The van der Waals surface area contributed by atoms with Gasteiger partial charge in [-0.3, -0.25) is 9.98 Å². The van der Waals surface area contributed by atoms with E-state index in [2.05, 4.69) is 32.5 Å². The molecule has 0 atom stereocenters. The fourth-order valence-corrected chi connectivity index (χ4v) is 2.65. The minimum absolute atomic E-state index is 0.652. The summed E-state index contributed by atoms with van der Waals surface area (Å²) < 4.78 is 0. The Morgan fingerprint density at radius 1 is 1.29 bits per heavy atom. The van der Waals surface area contributed by atoms with Gasteiger partial charge in [0.1, 0.15) is 5.01 Å². The third-order valence-electron chi connectivity index (χ3n) is 2.96. The Bertz CT molecular complexity index is 606. The molecule has 0 radical (unpaired) electrons. The highest BCUT2D eigenvalue weighted by Gasteiger charge is 2.03. The van der Waals surface area contributed by atoms with Gasteiger partial charge in [-0.25, -0.2) is 4.98 Å². The van der Waals surface area contributed by atoms with Gasteiger partial charge in [0.2, 0.25) is 0 Å². The number of aliphatic imine (C=N–C) groups is 1. The SMILES string of the molecule is CCc1cnc(CNC(=NC)NCc2cccc(C)n2)s1. The van der Waals surface area contributed by atoms with Gasteiger partial charge < -0.3 is 10.6 Å². The lowest BCUT2D eigenvalue weighted by Gasteiger charge is -2.10. The minimum Gasteiger partial charge on any atom is -0.351 e. The summed E-state index contributed by atoms with van der Waals surface area (Å²) in [5.41, 5.74) is 2.02. The Balaban J connectivity index is 1.83. The summed E-state index contributed by atoms with van der Waals surface area (Å²) in [4.78, 5) is 14.4. The normalized spacial score (nSPS) is 11.5. The molecule has 112 valence electrons. The van der Waals surface area contributed by atoms with E-state index in [-0.39, 0.29) is 0 Å². The van der Waals surface area contributed by atoms with Gasteiger partial charge in [0.05, 0.1) is 18.8 Å². The first-order chi connectivity index (χ1) is 10.2. The predicted molar refractivity (Wildman–Crippen MR) is 87.5 cm³/mol. The van der Waals surface area contributed by atoms with Crippen LogP contribution in [0.3, 0.4) is 0 Å². The van der Waals surface area contributed by atoms with Crippen LogP contribution in [-0.2, 0) is 19.5 Å². The van der Waals surface area contributed by atoms with Crippen molar-refractivity contribution in [2.24, 2.45) is 4.99 Å². The molecular formula is C15H21N5S. The fraction of sp³-hybridized carbons (Fsp3) is 0.400. The topological polar surface area (TPSA) is 62.2 Å². The van der Waals surface area contributed by atoms with Crippen molar-refractivity contribution < 1.29 is 0 Å². The largest absolute Gasteiger partial charge is 0.351 e. The van der Waals surface area contributed by atoms with Crippen LogP contribution in [0.5, 0.6) is 0 Å². The van der Waals surface area contributed by atoms with Crippen LogP contribution >= 0.6 is 11.3 Å². The fourth-order valence-electron chi connectivity index (χ4n) is 1.85. The molecular weight excluding hydrogens is 282 g/mol. The molecule has 2 aromatic heterocycles. The number of aromatic nitrogens is 2. The van der Waals surface area contributed by atoms with Crippen LogP contribution in [0.2, 0.25) is 0 Å². The molecule has 0 fully saturated rings. The van der Waals surface area contributed by atoms with E-state index < -0.39 is 0 Å². The summed E-state index contributed by atoms with van der Waals surface area (Å²) in [6.45, 7) is 5.47. The summed E-state index contributed by atoms with van der Waals surface area (Å²) in [5, 5.41) is 7.60. The predicted octanol–water partition coefficient (Wildman–Crippen LogP) is 2.27. The van der Waals surface area contributed by atoms with Crippen LogP contribution < -0.4 is 10.6 Å². The first-order valence-electron chi connectivity index (χ1n) is 7.02. The van der Waals surface area contributed by atoms with Gasteiger partial charge in [-0.15, -0.1) is 11.3 Å². The Morgan fingerprint density at radius 3 is 2.76 bits per heavy atom. The molecule has 2 N–H and O–H groups in total. The molecule has 2 aromatic rings. The first kappa shape index (κ1) is 15.4. The van der Waals surface area contributed by atoms with Crippen molar-refractivity contribution in [3.8, 4) is 0 Å².